The van der Waals surface area contributed by atoms with Crippen LogP contribution in [0.4, 0.5) is 4.79 Å². The normalized spacial score (nSPS) is 11.9. The van der Waals surface area contributed by atoms with Crippen molar-refractivity contribution in [3.8, 4) is 0 Å². The Balaban J connectivity index is 3.84. The van der Waals surface area contributed by atoms with E-state index in [4.69, 9.17) is 9.84 Å². The summed E-state index contributed by atoms with van der Waals surface area (Å²) in [5, 5.41) is 11.0. The molecule has 0 bridgehead atoms. The highest BCUT2D eigenvalue weighted by molar-refractivity contribution is 5.79. The van der Waals surface area contributed by atoms with E-state index in [1.54, 1.807) is 0 Å². The minimum absolute atomic E-state index is 0.324. The summed E-state index contributed by atoms with van der Waals surface area (Å²) < 4.78 is 9.37. The molecule has 0 aliphatic rings. The van der Waals surface area contributed by atoms with Crippen LogP contribution in [0.3, 0.4) is 0 Å². The van der Waals surface area contributed by atoms with Crippen LogP contribution in [0, 0.1) is 0 Å². The van der Waals surface area contributed by atoms with Gasteiger partial charge in [-0.25, -0.2) is 9.59 Å². The summed E-state index contributed by atoms with van der Waals surface area (Å²) >= 11 is 0. The molecule has 1 amide bonds. The molecule has 0 fully saturated rings. The van der Waals surface area contributed by atoms with Gasteiger partial charge in [0.15, 0.2) is 0 Å². The Morgan fingerprint density at radius 1 is 1.47 bits per heavy atom. The third-order valence-corrected chi connectivity index (χ3v) is 1.76. The third kappa shape index (κ3) is 6.73. The number of aliphatic carboxylic acids is 1. The largest absolute Gasteiger partial charge is 0.480 e. The highest BCUT2D eigenvalue weighted by Crippen LogP contribution is 1.99. The molecule has 0 rings (SSSR count). The van der Waals surface area contributed by atoms with Crippen LogP contribution >= 0.6 is 0 Å². The molecule has 0 aromatic heterocycles. The molecular formula is C9H17NO5. The van der Waals surface area contributed by atoms with Crippen LogP contribution in [0.15, 0.2) is 0 Å². The van der Waals surface area contributed by atoms with Crippen LogP contribution in [-0.4, -0.2) is 43.5 Å². The zero-order valence-electron chi connectivity index (χ0n) is 8.99. The van der Waals surface area contributed by atoms with Crippen molar-refractivity contribution in [3.63, 3.8) is 0 Å². The molecule has 2 N–H and O–H groups in total. The van der Waals surface area contributed by atoms with Crippen molar-refractivity contribution in [2.45, 2.75) is 25.8 Å². The Morgan fingerprint density at radius 2 is 2.13 bits per heavy atom. The maximum atomic E-state index is 10.8. The number of hydrogen-bond acceptors (Lipinski definition) is 4. The third-order valence-electron chi connectivity index (χ3n) is 1.76. The summed E-state index contributed by atoms with van der Waals surface area (Å²) in [6.07, 6.45) is 0.165. The quantitative estimate of drug-likeness (QED) is 0.613. The summed E-state index contributed by atoms with van der Waals surface area (Å²) in [5.74, 6) is -1.07. The van der Waals surface area contributed by atoms with E-state index in [0.29, 0.717) is 26.1 Å². The van der Waals surface area contributed by atoms with E-state index in [0.717, 1.165) is 0 Å². The molecular weight excluding hydrogens is 202 g/mol. The van der Waals surface area contributed by atoms with E-state index >= 15 is 0 Å². The molecule has 0 spiro atoms. The monoisotopic (exact) mass is 219 g/mol. The topological polar surface area (TPSA) is 84.9 Å². The number of carbonyl (C=O) groups excluding carboxylic acids is 1. The molecule has 1 unspecified atom stereocenters. The second kappa shape index (κ2) is 8.05. The van der Waals surface area contributed by atoms with Gasteiger partial charge in [-0.15, -0.1) is 0 Å². The molecule has 0 saturated heterocycles. The fourth-order valence-corrected chi connectivity index (χ4v) is 0.992. The molecule has 0 aliphatic carbocycles. The van der Waals surface area contributed by atoms with Crippen molar-refractivity contribution >= 4 is 12.1 Å². The average Bonchev–Trinajstić information content (AvgIpc) is 2.21. The van der Waals surface area contributed by atoms with E-state index < -0.39 is 18.1 Å². The number of carbonyl (C=O) groups is 2. The first-order valence-corrected chi connectivity index (χ1v) is 4.76. The van der Waals surface area contributed by atoms with Crippen LogP contribution in [0.1, 0.15) is 19.8 Å². The fourth-order valence-electron chi connectivity index (χ4n) is 0.992. The second-order valence-electron chi connectivity index (χ2n) is 2.87. The van der Waals surface area contributed by atoms with Gasteiger partial charge in [0.05, 0.1) is 7.11 Å². The second-order valence-corrected chi connectivity index (χ2v) is 2.87. The number of carboxylic acid groups (broad SMARTS) is 1. The average molecular weight is 219 g/mol. The van der Waals surface area contributed by atoms with Crippen LogP contribution in [-0.2, 0) is 14.3 Å². The molecule has 1 atom stereocenters. The Labute approximate surface area is 88.6 Å². The van der Waals surface area contributed by atoms with Crippen molar-refractivity contribution in [3.05, 3.63) is 0 Å². The maximum absolute atomic E-state index is 10.8. The van der Waals surface area contributed by atoms with Crippen molar-refractivity contribution in [2.24, 2.45) is 0 Å². The minimum Gasteiger partial charge on any atom is -0.480 e. The lowest BCUT2D eigenvalue weighted by molar-refractivity contribution is -0.139. The van der Waals surface area contributed by atoms with Gasteiger partial charge in [0.2, 0.25) is 0 Å². The number of methoxy groups -OCH3 is 1. The Hall–Kier alpha value is -1.30. The van der Waals surface area contributed by atoms with Gasteiger partial charge in [-0.2, -0.15) is 0 Å². The number of carboxylic acids is 1. The molecule has 0 aromatic rings. The van der Waals surface area contributed by atoms with Crippen molar-refractivity contribution in [1.29, 1.82) is 0 Å². The summed E-state index contributed by atoms with van der Waals surface area (Å²) in [4.78, 5) is 21.5. The summed E-state index contributed by atoms with van der Waals surface area (Å²) in [6, 6.07) is -0.919. The fraction of sp³-hybridized carbons (Fsp3) is 0.778. The zero-order chi connectivity index (χ0) is 11.7. The van der Waals surface area contributed by atoms with Crippen LogP contribution in [0.25, 0.3) is 0 Å². The SMILES string of the molecule is CCOCCCC(NC(=O)OC)C(=O)O. The zero-order valence-corrected chi connectivity index (χ0v) is 8.99. The highest BCUT2D eigenvalue weighted by atomic mass is 16.5. The summed E-state index contributed by atoms with van der Waals surface area (Å²) in [7, 11) is 1.19. The lowest BCUT2D eigenvalue weighted by atomic mass is 10.1. The summed E-state index contributed by atoms with van der Waals surface area (Å²) in [6.45, 7) is 2.95. The van der Waals surface area contributed by atoms with Crippen LogP contribution in [0.2, 0.25) is 0 Å². The van der Waals surface area contributed by atoms with E-state index in [1.807, 2.05) is 6.92 Å². The first-order chi connectivity index (χ1) is 7.11. The molecule has 6 nitrogen and oxygen atoms in total. The summed E-state index contributed by atoms with van der Waals surface area (Å²) in [5.41, 5.74) is 0. The predicted molar refractivity (Wildman–Crippen MR) is 52.7 cm³/mol. The molecule has 88 valence electrons. The van der Waals surface area contributed by atoms with E-state index in [9.17, 15) is 9.59 Å². The van der Waals surface area contributed by atoms with Gasteiger partial charge in [-0.3, -0.25) is 0 Å². The van der Waals surface area contributed by atoms with Crippen LogP contribution < -0.4 is 5.32 Å². The van der Waals surface area contributed by atoms with Crippen molar-refractivity contribution in [1.82, 2.24) is 5.32 Å². The van der Waals surface area contributed by atoms with E-state index in [-0.39, 0.29) is 0 Å². The first-order valence-electron chi connectivity index (χ1n) is 4.76. The lowest BCUT2D eigenvalue weighted by Gasteiger charge is -2.13. The molecule has 0 aromatic carbocycles. The van der Waals surface area contributed by atoms with Gasteiger partial charge < -0.3 is 19.9 Å². The van der Waals surface area contributed by atoms with Gasteiger partial charge in [0.1, 0.15) is 6.04 Å². The molecule has 15 heavy (non-hydrogen) atoms. The van der Waals surface area contributed by atoms with Gasteiger partial charge in [-0.05, 0) is 19.8 Å². The van der Waals surface area contributed by atoms with Crippen molar-refractivity contribution < 1.29 is 24.2 Å². The number of amides is 1. The van der Waals surface area contributed by atoms with Gasteiger partial charge in [-0.1, -0.05) is 0 Å². The minimum atomic E-state index is -1.07. The first kappa shape index (κ1) is 13.7. The smallest absolute Gasteiger partial charge is 0.407 e. The molecule has 0 heterocycles. The van der Waals surface area contributed by atoms with E-state index in [1.165, 1.54) is 7.11 Å². The number of nitrogens with one attached hydrogen (secondary N) is 1. The van der Waals surface area contributed by atoms with Gasteiger partial charge >= 0.3 is 12.1 Å². The lowest BCUT2D eigenvalue weighted by Crippen LogP contribution is -2.40. The van der Waals surface area contributed by atoms with E-state index in [2.05, 4.69) is 10.1 Å². The Morgan fingerprint density at radius 3 is 2.60 bits per heavy atom. The number of rotatable bonds is 7. The van der Waals surface area contributed by atoms with Gasteiger partial charge in [0, 0.05) is 13.2 Å². The molecule has 0 saturated carbocycles. The predicted octanol–water partition coefficient (Wildman–Crippen LogP) is 0.612. The maximum Gasteiger partial charge on any atom is 0.407 e. The molecule has 0 radical (unpaired) electrons. The molecule has 0 aliphatic heterocycles. The highest BCUT2D eigenvalue weighted by Gasteiger charge is 2.19. The van der Waals surface area contributed by atoms with Crippen molar-refractivity contribution in [2.75, 3.05) is 20.3 Å². The van der Waals surface area contributed by atoms with Crippen LogP contribution in [0.5, 0.6) is 0 Å². The standard InChI is InChI=1S/C9H17NO5/c1-3-15-6-4-5-7(8(11)12)10-9(13)14-2/h7H,3-6H2,1-2H3,(H,10,13)(H,11,12). The number of ether oxygens (including phenoxy) is 2. The number of hydrogen-bond donors (Lipinski definition) is 2. The van der Waals surface area contributed by atoms with Gasteiger partial charge in [0.25, 0.3) is 0 Å². The Bertz CT molecular complexity index is 207. The Kier molecular flexibility index (Phi) is 7.35. The number of alkyl carbamates (subject to hydrolysis) is 1. The molecule has 6 heteroatoms.